The largest absolute Gasteiger partial charge is 0.410 e. The van der Waals surface area contributed by atoms with Crippen LogP contribution in [0.3, 0.4) is 0 Å². The highest BCUT2D eigenvalue weighted by Gasteiger charge is 2.47. The summed E-state index contributed by atoms with van der Waals surface area (Å²) in [6.45, 7) is 0. The maximum atomic E-state index is 13.6. The average molecular weight is 471 g/mol. The van der Waals surface area contributed by atoms with Crippen molar-refractivity contribution in [1.29, 1.82) is 0 Å². The second-order valence-electron chi connectivity index (χ2n) is 6.33. The van der Waals surface area contributed by atoms with E-state index in [1.807, 2.05) is 5.38 Å². The summed E-state index contributed by atoms with van der Waals surface area (Å²) in [6.07, 6.45) is -4.66. The Bertz CT molecular complexity index is 985. The number of nitrogens with zero attached hydrogens (tertiary/aromatic N) is 2. The number of benzene rings is 1. The van der Waals surface area contributed by atoms with Gasteiger partial charge in [0, 0.05) is 27.5 Å². The Morgan fingerprint density at radius 2 is 2.04 bits per heavy atom. The fourth-order valence-corrected chi connectivity index (χ4v) is 4.14. The number of carbonyl (C=O) groups is 1. The zero-order valence-electron chi connectivity index (χ0n) is 14.2. The number of hydrogen-bond acceptors (Lipinski definition) is 4. The molecule has 0 fully saturated rings. The lowest BCUT2D eigenvalue weighted by molar-refractivity contribution is -0.173. The smallest absolute Gasteiger partial charge is 0.363 e. The standard InChI is InChI=1S/C18H14BrF3N4OS/c19-10-3-5-11(6-4-10)23-17(27)13-9-16-24-12(14-2-1-7-28-14)8-15(18(20,21)22)26(16)25-13/h1-7,9,12,15,24H,8H2,(H,23,27)/t12-,15-/m1/s1. The van der Waals surface area contributed by atoms with Crippen molar-refractivity contribution in [3.05, 3.63) is 62.9 Å². The molecule has 1 aliphatic heterocycles. The number of rotatable bonds is 3. The van der Waals surface area contributed by atoms with E-state index in [1.165, 1.54) is 17.4 Å². The monoisotopic (exact) mass is 470 g/mol. The zero-order valence-corrected chi connectivity index (χ0v) is 16.6. The van der Waals surface area contributed by atoms with E-state index in [4.69, 9.17) is 0 Å². The lowest BCUT2D eigenvalue weighted by atomic mass is 10.0. The van der Waals surface area contributed by atoms with Crippen molar-refractivity contribution in [2.24, 2.45) is 0 Å². The van der Waals surface area contributed by atoms with Gasteiger partial charge in [0.2, 0.25) is 0 Å². The summed E-state index contributed by atoms with van der Waals surface area (Å²) in [6, 6.07) is 9.52. The number of nitrogens with one attached hydrogen (secondary N) is 2. The molecule has 0 bridgehead atoms. The summed E-state index contributed by atoms with van der Waals surface area (Å²) in [4.78, 5) is 13.3. The van der Waals surface area contributed by atoms with E-state index in [2.05, 4.69) is 31.7 Å². The molecule has 0 saturated heterocycles. The van der Waals surface area contributed by atoms with Crippen LogP contribution in [0.25, 0.3) is 0 Å². The van der Waals surface area contributed by atoms with E-state index < -0.39 is 24.2 Å². The first-order valence-electron chi connectivity index (χ1n) is 8.34. The van der Waals surface area contributed by atoms with Crippen LogP contribution < -0.4 is 10.6 Å². The van der Waals surface area contributed by atoms with Crippen LogP contribution in [0.4, 0.5) is 24.7 Å². The molecule has 10 heteroatoms. The molecule has 2 N–H and O–H groups in total. The number of aromatic nitrogens is 2. The zero-order chi connectivity index (χ0) is 19.9. The van der Waals surface area contributed by atoms with Gasteiger partial charge in [0.1, 0.15) is 5.82 Å². The maximum Gasteiger partial charge on any atom is 0.410 e. The highest BCUT2D eigenvalue weighted by Crippen LogP contribution is 2.44. The van der Waals surface area contributed by atoms with Crippen molar-refractivity contribution in [1.82, 2.24) is 9.78 Å². The van der Waals surface area contributed by atoms with E-state index in [-0.39, 0.29) is 17.9 Å². The van der Waals surface area contributed by atoms with E-state index in [9.17, 15) is 18.0 Å². The molecular formula is C18H14BrF3N4OS. The van der Waals surface area contributed by atoms with Crippen LogP contribution in [0.1, 0.15) is 33.9 Å². The SMILES string of the molecule is O=C(Nc1ccc(Br)cc1)c1cc2n(n1)[C@@H](C(F)(F)F)C[C@H](c1cccs1)N2. The third kappa shape index (κ3) is 3.79. The molecule has 1 amide bonds. The van der Waals surface area contributed by atoms with E-state index in [0.717, 1.165) is 14.0 Å². The van der Waals surface area contributed by atoms with Crippen LogP contribution in [0.2, 0.25) is 0 Å². The fraction of sp³-hybridized carbons (Fsp3) is 0.222. The van der Waals surface area contributed by atoms with Gasteiger partial charge in [0.05, 0.1) is 6.04 Å². The number of anilines is 2. The third-order valence-electron chi connectivity index (χ3n) is 4.41. The first kappa shape index (κ1) is 19.0. The van der Waals surface area contributed by atoms with Gasteiger partial charge in [-0.15, -0.1) is 11.3 Å². The lowest BCUT2D eigenvalue weighted by Crippen LogP contribution is -2.35. The summed E-state index contributed by atoms with van der Waals surface area (Å²) in [5.41, 5.74) is 0.447. The minimum absolute atomic E-state index is 0.0773. The second kappa shape index (κ2) is 7.25. The Morgan fingerprint density at radius 3 is 2.68 bits per heavy atom. The van der Waals surface area contributed by atoms with Gasteiger partial charge in [-0.1, -0.05) is 22.0 Å². The normalized spacial score (nSPS) is 19.0. The molecule has 2 aromatic heterocycles. The van der Waals surface area contributed by atoms with Crippen LogP contribution in [-0.2, 0) is 0 Å². The maximum absolute atomic E-state index is 13.6. The summed E-state index contributed by atoms with van der Waals surface area (Å²) >= 11 is 4.69. The van der Waals surface area contributed by atoms with Crippen molar-refractivity contribution < 1.29 is 18.0 Å². The molecule has 4 rings (SSSR count). The summed E-state index contributed by atoms with van der Waals surface area (Å²) in [5, 5.41) is 11.5. The number of hydrogen-bond donors (Lipinski definition) is 2. The van der Waals surface area contributed by atoms with Crippen LogP contribution in [0.15, 0.2) is 52.3 Å². The number of alkyl halides is 3. The number of thiophene rings is 1. The fourth-order valence-electron chi connectivity index (χ4n) is 3.09. The molecule has 146 valence electrons. The number of fused-ring (bicyclic) bond motifs is 1. The van der Waals surface area contributed by atoms with Crippen molar-refractivity contribution in [3.63, 3.8) is 0 Å². The molecule has 0 unspecified atom stereocenters. The van der Waals surface area contributed by atoms with Crippen molar-refractivity contribution in [3.8, 4) is 0 Å². The highest BCUT2D eigenvalue weighted by molar-refractivity contribution is 9.10. The third-order valence-corrected chi connectivity index (χ3v) is 5.93. The molecule has 3 heterocycles. The predicted octanol–water partition coefficient (Wildman–Crippen LogP) is 5.62. The quantitative estimate of drug-likeness (QED) is 0.522. The van der Waals surface area contributed by atoms with Crippen LogP contribution in [0.5, 0.6) is 0 Å². The van der Waals surface area contributed by atoms with Gasteiger partial charge in [-0.3, -0.25) is 4.79 Å². The second-order valence-corrected chi connectivity index (χ2v) is 8.22. The minimum atomic E-state index is -4.47. The number of halogens is 4. The Hall–Kier alpha value is -2.33. The van der Waals surface area contributed by atoms with E-state index in [0.29, 0.717) is 5.69 Å². The molecule has 3 aromatic rings. The van der Waals surface area contributed by atoms with Crippen LogP contribution >= 0.6 is 27.3 Å². The van der Waals surface area contributed by atoms with Crippen molar-refractivity contribution >= 4 is 44.7 Å². The van der Waals surface area contributed by atoms with Gasteiger partial charge in [0.15, 0.2) is 11.7 Å². The lowest BCUT2D eigenvalue weighted by Gasteiger charge is -2.32. The molecule has 0 radical (unpaired) electrons. The minimum Gasteiger partial charge on any atom is -0.363 e. The van der Waals surface area contributed by atoms with E-state index in [1.54, 1.807) is 36.4 Å². The van der Waals surface area contributed by atoms with Gasteiger partial charge in [-0.2, -0.15) is 18.3 Å². The van der Waals surface area contributed by atoms with Crippen molar-refractivity contribution in [2.45, 2.75) is 24.7 Å². The van der Waals surface area contributed by atoms with Crippen LogP contribution in [-0.4, -0.2) is 21.9 Å². The van der Waals surface area contributed by atoms with Gasteiger partial charge >= 0.3 is 6.18 Å². The predicted molar refractivity (Wildman–Crippen MR) is 105 cm³/mol. The van der Waals surface area contributed by atoms with Gasteiger partial charge < -0.3 is 10.6 Å². The van der Waals surface area contributed by atoms with E-state index >= 15 is 0 Å². The summed E-state index contributed by atoms with van der Waals surface area (Å²) in [7, 11) is 0. The summed E-state index contributed by atoms with van der Waals surface area (Å²) in [5.74, 6) is -0.396. The number of carbonyl (C=O) groups excluding carboxylic acids is 1. The molecule has 0 spiro atoms. The molecule has 1 aliphatic rings. The molecule has 1 aromatic carbocycles. The first-order valence-corrected chi connectivity index (χ1v) is 10.0. The molecule has 0 aliphatic carbocycles. The molecule has 5 nitrogen and oxygen atoms in total. The summed E-state index contributed by atoms with van der Waals surface area (Å²) < 4.78 is 42.6. The van der Waals surface area contributed by atoms with Gasteiger partial charge in [-0.25, -0.2) is 4.68 Å². The van der Waals surface area contributed by atoms with Crippen molar-refractivity contribution in [2.75, 3.05) is 10.6 Å². The highest BCUT2D eigenvalue weighted by atomic mass is 79.9. The Labute approximate surface area is 170 Å². The average Bonchev–Trinajstić information content (AvgIpc) is 3.31. The first-order chi connectivity index (χ1) is 13.3. The van der Waals surface area contributed by atoms with Gasteiger partial charge in [0.25, 0.3) is 5.91 Å². The van der Waals surface area contributed by atoms with Gasteiger partial charge in [-0.05, 0) is 35.7 Å². The number of amides is 1. The molecule has 0 saturated carbocycles. The molecule has 2 atom stereocenters. The van der Waals surface area contributed by atoms with Crippen LogP contribution in [0, 0.1) is 0 Å². The Kier molecular flexibility index (Phi) is 4.92. The Balaban J connectivity index is 1.63. The molecular weight excluding hydrogens is 457 g/mol. The molecule has 28 heavy (non-hydrogen) atoms. The Morgan fingerprint density at radius 1 is 1.29 bits per heavy atom. The topological polar surface area (TPSA) is 59.0 Å².